The minimum Gasteiger partial charge on any atom is -0.221 e. The number of benzene rings is 1. The van der Waals surface area contributed by atoms with Crippen molar-refractivity contribution in [3.63, 3.8) is 0 Å². The van der Waals surface area contributed by atoms with Crippen LogP contribution in [0.25, 0.3) is 0 Å². The molecule has 2 aromatic rings. The first-order chi connectivity index (χ1) is 8.99. The van der Waals surface area contributed by atoms with Crippen LogP contribution >= 0.6 is 46.4 Å². The molecule has 0 amide bonds. The minimum absolute atomic E-state index is 0.0873. The van der Waals surface area contributed by atoms with Crippen molar-refractivity contribution < 1.29 is 0 Å². The van der Waals surface area contributed by atoms with Gasteiger partial charge in [-0.2, -0.15) is 0 Å². The number of halogens is 4. The van der Waals surface area contributed by atoms with Crippen LogP contribution in [0, 0.1) is 18.8 Å². The Morgan fingerprint density at radius 1 is 0.842 bits per heavy atom. The van der Waals surface area contributed by atoms with Crippen molar-refractivity contribution in [2.24, 2.45) is 0 Å². The van der Waals surface area contributed by atoms with E-state index >= 15 is 0 Å². The van der Waals surface area contributed by atoms with E-state index in [1.54, 1.807) is 0 Å². The highest BCUT2D eigenvalue weighted by molar-refractivity contribution is 6.47. The van der Waals surface area contributed by atoms with Gasteiger partial charge >= 0.3 is 0 Å². The van der Waals surface area contributed by atoms with Crippen molar-refractivity contribution in [3.8, 4) is 11.8 Å². The molecule has 0 unspecified atom stereocenters. The largest absolute Gasteiger partial charge is 0.221 e. The number of hydrogen-bond donors (Lipinski definition) is 0. The zero-order valence-electron chi connectivity index (χ0n) is 9.77. The molecule has 2 rings (SSSR count). The van der Waals surface area contributed by atoms with E-state index in [4.69, 9.17) is 46.4 Å². The van der Waals surface area contributed by atoms with E-state index in [1.165, 1.54) is 0 Å². The maximum absolute atomic E-state index is 6.02. The molecule has 0 saturated carbocycles. The maximum atomic E-state index is 6.02. The second kappa shape index (κ2) is 6.03. The number of nitrogens with zero attached hydrogens (tertiary/aromatic N) is 1. The molecule has 0 spiro atoms. The molecular weight excluding hydrogens is 324 g/mol. The molecule has 0 fully saturated rings. The van der Waals surface area contributed by atoms with E-state index < -0.39 is 0 Å². The highest BCUT2D eigenvalue weighted by Gasteiger charge is 2.13. The third-order valence-corrected chi connectivity index (χ3v) is 3.86. The third-order valence-electron chi connectivity index (χ3n) is 2.38. The van der Waals surface area contributed by atoms with Gasteiger partial charge in [-0.25, -0.2) is 4.98 Å². The Morgan fingerprint density at radius 2 is 1.37 bits per heavy atom. The molecule has 96 valence electrons. The second-order valence-electron chi connectivity index (χ2n) is 3.81. The molecule has 1 heterocycles. The Kier molecular flexibility index (Phi) is 4.60. The van der Waals surface area contributed by atoms with Crippen LogP contribution in [0.15, 0.2) is 24.3 Å². The first kappa shape index (κ1) is 14.5. The summed E-state index contributed by atoms with van der Waals surface area (Å²) < 4.78 is 0. The Balaban J connectivity index is 2.48. The van der Waals surface area contributed by atoms with E-state index in [0.717, 1.165) is 11.1 Å². The molecule has 1 nitrogen and oxygen atoms in total. The molecule has 0 saturated heterocycles. The van der Waals surface area contributed by atoms with Gasteiger partial charge in [-0.15, -0.1) is 0 Å². The third kappa shape index (κ3) is 3.35. The van der Waals surface area contributed by atoms with Gasteiger partial charge in [0.25, 0.3) is 0 Å². The lowest BCUT2D eigenvalue weighted by Gasteiger charge is -2.03. The number of rotatable bonds is 0. The lowest BCUT2D eigenvalue weighted by Crippen LogP contribution is -1.88. The Morgan fingerprint density at radius 3 is 1.89 bits per heavy atom. The van der Waals surface area contributed by atoms with Crippen molar-refractivity contribution in [3.05, 3.63) is 61.3 Å². The first-order valence-corrected chi connectivity index (χ1v) is 6.79. The Bertz CT molecular complexity index is 655. The fourth-order valence-corrected chi connectivity index (χ4v) is 2.19. The van der Waals surface area contributed by atoms with Gasteiger partial charge in [-0.3, -0.25) is 0 Å². The van der Waals surface area contributed by atoms with Crippen LogP contribution in [0.1, 0.15) is 16.7 Å². The number of aromatic nitrogens is 1. The summed E-state index contributed by atoms with van der Waals surface area (Å²) in [6.07, 6.45) is 0. The number of pyridine rings is 1. The van der Waals surface area contributed by atoms with Crippen molar-refractivity contribution in [2.45, 2.75) is 6.92 Å². The fourth-order valence-electron chi connectivity index (χ4n) is 1.37. The lowest BCUT2D eigenvalue weighted by atomic mass is 10.1. The van der Waals surface area contributed by atoms with Crippen LogP contribution in [0.5, 0.6) is 0 Å². The predicted molar refractivity (Wildman–Crippen MR) is 81.4 cm³/mol. The zero-order valence-corrected chi connectivity index (χ0v) is 12.8. The first-order valence-electron chi connectivity index (χ1n) is 5.27. The standard InChI is InChI=1S/C14H7Cl4N/c1-8-2-4-9(5-3-8)6-7-10-11(15)13(17)19-14(18)12(10)16/h2-5H,1H3. The molecule has 0 aliphatic heterocycles. The quantitative estimate of drug-likeness (QED) is 0.465. The molecular formula is C14H7Cl4N. The van der Waals surface area contributed by atoms with Gasteiger partial charge in [0.1, 0.15) is 0 Å². The van der Waals surface area contributed by atoms with Crippen LogP contribution in [0.3, 0.4) is 0 Å². The van der Waals surface area contributed by atoms with Gasteiger partial charge in [0.2, 0.25) is 0 Å². The summed E-state index contributed by atoms with van der Waals surface area (Å²) in [5, 5.41) is 0.583. The molecule has 0 aliphatic carbocycles. The highest BCUT2D eigenvalue weighted by atomic mass is 35.5. The number of hydrogen-bond acceptors (Lipinski definition) is 1. The van der Waals surface area contributed by atoms with Gasteiger partial charge in [0, 0.05) is 5.56 Å². The molecule has 0 aliphatic rings. The van der Waals surface area contributed by atoms with E-state index in [9.17, 15) is 0 Å². The Hall–Kier alpha value is -0.910. The minimum atomic E-state index is 0.0873. The summed E-state index contributed by atoms with van der Waals surface area (Å²) in [6.45, 7) is 2.01. The van der Waals surface area contributed by atoms with Crippen molar-refractivity contribution in [1.82, 2.24) is 4.98 Å². The average Bonchev–Trinajstić information content (AvgIpc) is 2.38. The van der Waals surface area contributed by atoms with Gasteiger partial charge < -0.3 is 0 Å². The van der Waals surface area contributed by atoms with Crippen molar-refractivity contribution in [2.75, 3.05) is 0 Å². The highest BCUT2D eigenvalue weighted by Crippen LogP contribution is 2.33. The topological polar surface area (TPSA) is 12.9 Å². The van der Waals surface area contributed by atoms with Crippen LogP contribution in [0.4, 0.5) is 0 Å². The van der Waals surface area contributed by atoms with Crippen molar-refractivity contribution in [1.29, 1.82) is 0 Å². The maximum Gasteiger partial charge on any atom is 0.150 e. The number of aryl methyl sites for hydroxylation is 1. The summed E-state index contributed by atoms with van der Waals surface area (Å²) in [5.74, 6) is 5.84. The van der Waals surface area contributed by atoms with Crippen LogP contribution in [0.2, 0.25) is 20.4 Å². The van der Waals surface area contributed by atoms with Crippen LogP contribution in [-0.4, -0.2) is 4.98 Å². The smallest absolute Gasteiger partial charge is 0.150 e. The second-order valence-corrected chi connectivity index (χ2v) is 5.28. The van der Waals surface area contributed by atoms with Crippen LogP contribution < -0.4 is 0 Å². The molecule has 0 atom stereocenters. The fraction of sp³-hybridized carbons (Fsp3) is 0.0714. The van der Waals surface area contributed by atoms with E-state index in [1.807, 2.05) is 31.2 Å². The summed E-state index contributed by atoms with van der Waals surface area (Å²) in [5.41, 5.74) is 2.40. The molecule has 19 heavy (non-hydrogen) atoms. The Labute approximate surface area is 131 Å². The van der Waals surface area contributed by atoms with E-state index in [2.05, 4.69) is 16.8 Å². The monoisotopic (exact) mass is 329 g/mol. The summed E-state index contributed by atoms with van der Waals surface area (Å²) in [4.78, 5) is 3.80. The van der Waals surface area contributed by atoms with E-state index in [0.29, 0.717) is 5.56 Å². The van der Waals surface area contributed by atoms with Gasteiger partial charge in [-0.05, 0) is 19.1 Å². The van der Waals surface area contributed by atoms with Crippen LogP contribution in [-0.2, 0) is 0 Å². The van der Waals surface area contributed by atoms with Gasteiger partial charge in [-0.1, -0.05) is 75.9 Å². The molecule has 1 aromatic carbocycles. The van der Waals surface area contributed by atoms with Crippen molar-refractivity contribution >= 4 is 46.4 Å². The van der Waals surface area contributed by atoms with E-state index in [-0.39, 0.29) is 20.4 Å². The normalized spacial score (nSPS) is 9.95. The molecule has 1 aromatic heterocycles. The summed E-state index contributed by atoms with van der Waals surface area (Å²) >= 11 is 23.7. The molecule has 0 N–H and O–H groups in total. The van der Waals surface area contributed by atoms with Gasteiger partial charge in [0.05, 0.1) is 15.6 Å². The molecule has 5 heteroatoms. The summed E-state index contributed by atoms with van der Waals surface area (Å²) in [6, 6.07) is 7.77. The zero-order chi connectivity index (χ0) is 14.0. The lowest BCUT2D eigenvalue weighted by molar-refractivity contribution is 1.32. The molecule has 0 bridgehead atoms. The predicted octanol–water partition coefficient (Wildman–Crippen LogP) is 5.40. The summed E-state index contributed by atoms with van der Waals surface area (Å²) in [7, 11) is 0. The SMILES string of the molecule is Cc1ccc(C#Cc2c(Cl)c(Cl)nc(Cl)c2Cl)cc1. The van der Waals surface area contributed by atoms with Gasteiger partial charge in [0.15, 0.2) is 10.3 Å². The average molecular weight is 331 g/mol. The molecule has 0 radical (unpaired) electrons.